The third-order valence-electron chi connectivity index (χ3n) is 4.59. The minimum atomic E-state index is -0.790. The Morgan fingerprint density at radius 1 is 1.13 bits per heavy atom. The van der Waals surface area contributed by atoms with Crippen molar-refractivity contribution in [2.24, 2.45) is 10.7 Å². The molecule has 7 nitrogen and oxygen atoms in total. The van der Waals surface area contributed by atoms with Crippen LogP contribution >= 0.6 is 34.8 Å². The molecule has 0 radical (unpaired) electrons. The van der Waals surface area contributed by atoms with Crippen LogP contribution in [0.1, 0.15) is 16.7 Å². The van der Waals surface area contributed by atoms with Crippen molar-refractivity contribution in [3.05, 3.63) is 80.6 Å². The monoisotopic (exact) mass is 461 g/mol. The van der Waals surface area contributed by atoms with Crippen LogP contribution in [-0.2, 0) is 11.2 Å². The molecular weight excluding hydrogens is 449 g/mol. The number of anilines is 1. The number of benzodiazepines with no additional fused rings is 1. The maximum Gasteiger partial charge on any atom is 0.339 e. The summed E-state index contributed by atoms with van der Waals surface area (Å²) in [5.41, 5.74) is 8.13. The van der Waals surface area contributed by atoms with Gasteiger partial charge >= 0.3 is 6.03 Å². The number of primary amides is 1. The van der Waals surface area contributed by atoms with Crippen LogP contribution in [-0.4, -0.2) is 33.5 Å². The molecule has 10 heteroatoms. The maximum atomic E-state index is 12.9. The number of aliphatic imine (C=N–C) groups is 1. The molecule has 0 bridgehead atoms. The fourth-order valence-corrected chi connectivity index (χ4v) is 3.81. The van der Waals surface area contributed by atoms with E-state index < -0.39 is 12.1 Å². The summed E-state index contributed by atoms with van der Waals surface area (Å²) in [5.74, 6) is -0.304. The van der Waals surface area contributed by atoms with E-state index in [1.807, 2.05) is 0 Å². The van der Waals surface area contributed by atoms with Crippen molar-refractivity contribution in [2.75, 3.05) is 5.32 Å². The van der Waals surface area contributed by atoms with Gasteiger partial charge in [-0.1, -0.05) is 40.9 Å². The number of carbonyl (C=O) groups is 2. The molecule has 3 aromatic rings. The van der Waals surface area contributed by atoms with E-state index >= 15 is 0 Å². The van der Waals surface area contributed by atoms with E-state index in [1.165, 1.54) is 12.4 Å². The van der Waals surface area contributed by atoms with Gasteiger partial charge in [-0.3, -0.25) is 9.79 Å². The summed E-state index contributed by atoms with van der Waals surface area (Å²) in [6.45, 7) is 0. The zero-order valence-electron chi connectivity index (χ0n) is 15.3. The van der Waals surface area contributed by atoms with Gasteiger partial charge in [-0.05, 0) is 35.9 Å². The van der Waals surface area contributed by atoms with Crippen LogP contribution in [0.4, 0.5) is 10.5 Å². The molecule has 0 saturated heterocycles. The highest BCUT2D eigenvalue weighted by Crippen LogP contribution is 2.29. The van der Waals surface area contributed by atoms with E-state index in [1.54, 1.807) is 36.4 Å². The standard InChI is InChI=1S/C20H14Cl3N5O2/c21-12-3-4-16-14(6-12)18(11-8-25-28(9-11)20(24)30)26-17(19(29)27-16)5-10-1-2-13(22)7-15(10)23/h1-4,6-9,17H,5H2,(H2,24,30)(H,27,29). The van der Waals surface area contributed by atoms with Gasteiger partial charge in [-0.15, -0.1) is 0 Å². The van der Waals surface area contributed by atoms with Crippen molar-refractivity contribution < 1.29 is 9.59 Å². The summed E-state index contributed by atoms with van der Waals surface area (Å²) < 4.78 is 0.993. The van der Waals surface area contributed by atoms with E-state index in [9.17, 15) is 9.59 Å². The first-order chi connectivity index (χ1) is 14.3. The molecule has 2 aromatic carbocycles. The summed E-state index contributed by atoms with van der Waals surface area (Å²) in [6, 6.07) is 8.60. The Bertz CT molecular complexity index is 1200. The molecule has 1 aliphatic heterocycles. The number of halogens is 3. The molecule has 1 aliphatic rings. The Hall–Kier alpha value is -2.87. The van der Waals surface area contributed by atoms with Crippen molar-refractivity contribution in [2.45, 2.75) is 12.5 Å². The number of hydrogen-bond acceptors (Lipinski definition) is 4. The number of nitrogens with two attached hydrogens (primary N) is 1. The van der Waals surface area contributed by atoms with Crippen LogP contribution in [0.25, 0.3) is 0 Å². The second-order valence-corrected chi connectivity index (χ2v) is 7.90. The highest BCUT2D eigenvalue weighted by Gasteiger charge is 2.27. The lowest BCUT2D eigenvalue weighted by molar-refractivity contribution is -0.117. The number of amides is 2. The maximum absolute atomic E-state index is 12.9. The fourth-order valence-electron chi connectivity index (χ4n) is 3.15. The van der Waals surface area contributed by atoms with Crippen molar-refractivity contribution >= 4 is 58.1 Å². The van der Waals surface area contributed by atoms with E-state index in [2.05, 4.69) is 15.4 Å². The molecule has 1 aromatic heterocycles. The van der Waals surface area contributed by atoms with Gasteiger partial charge in [0.1, 0.15) is 6.04 Å². The van der Waals surface area contributed by atoms with Crippen LogP contribution in [0, 0.1) is 0 Å². The first kappa shape index (κ1) is 20.4. The summed E-state index contributed by atoms with van der Waals surface area (Å²) >= 11 is 18.4. The smallest absolute Gasteiger partial charge is 0.339 e. The number of hydrogen-bond donors (Lipinski definition) is 2. The molecule has 0 fully saturated rings. The SMILES string of the molecule is NC(=O)n1cc(C2=NC(Cc3ccc(Cl)cc3Cl)C(=O)Nc3ccc(Cl)cc32)cn1. The molecule has 4 rings (SSSR count). The third kappa shape index (κ3) is 4.05. The molecular formula is C20H14Cl3N5O2. The highest BCUT2D eigenvalue weighted by molar-refractivity contribution is 6.35. The predicted molar refractivity (Wildman–Crippen MR) is 117 cm³/mol. The summed E-state index contributed by atoms with van der Waals surface area (Å²) in [6.07, 6.45) is 3.15. The molecule has 2 heterocycles. The Morgan fingerprint density at radius 3 is 2.57 bits per heavy atom. The molecule has 0 saturated carbocycles. The van der Waals surface area contributed by atoms with Crippen molar-refractivity contribution in [3.63, 3.8) is 0 Å². The number of aromatic nitrogens is 2. The molecule has 1 unspecified atom stereocenters. The Kier molecular flexibility index (Phi) is 5.51. The lowest BCUT2D eigenvalue weighted by Gasteiger charge is -2.12. The van der Waals surface area contributed by atoms with Gasteiger partial charge in [0.15, 0.2) is 0 Å². The average Bonchev–Trinajstić information content (AvgIpc) is 3.14. The number of nitrogens with zero attached hydrogens (tertiary/aromatic N) is 3. The largest absolute Gasteiger partial charge is 0.350 e. The van der Waals surface area contributed by atoms with Gasteiger partial charge in [-0.25, -0.2) is 4.79 Å². The quantitative estimate of drug-likeness (QED) is 0.610. The van der Waals surface area contributed by atoms with Crippen molar-refractivity contribution in [1.29, 1.82) is 0 Å². The number of nitrogens with one attached hydrogen (secondary N) is 1. The number of rotatable bonds is 3. The van der Waals surface area contributed by atoms with Crippen LogP contribution in [0.15, 0.2) is 53.8 Å². The number of benzene rings is 2. The highest BCUT2D eigenvalue weighted by atomic mass is 35.5. The average molecular weight is 463 g/mol. The lowest BCUT2D eigenvalue weighted by Crippen LogP contribution is -2.27. The molecule has 30 heavy (non-hydrogen) atoms. The molecule has 1 atom stereocenters. The second kappa shape index (κ2) is 8.10. The molecule has 3 N–H and O–H groups in total. The first-order valence-corrected chi connectivity index (χ1v) is 9.92. The van der Waals surface area contributed by atoms with Crippen LogP contribution in [0.5, 0.6) is 0 Å². The molecule has 0 spiro atoms. The van der Waals surface area contributed by atoms with Gasteiger partial charge < -0.3 is 11.1 Å². The van der Waals surface area contributed by atoms with Gasteiger partial charge in [-0.2, -0.15) is 9.78 Å². The topological polar surface area (TPSA) is 102 Å². The van der Waals surface area contributed by atoms with E-state index in [-0.39, 0.29) is 12.3 Å². The predicted octanol–water partition coefficient (Wildman–Crippen LogP) is 4.17. The molecule has 2 amide bonds. The summed E-state index contributed by atoms with van der Waals surface area (Å²) in [5, 5.41) is 8.25. The molecule has 152 valence electrons. The normalized spacial score (nSPS) is 15.8. The number of fused-ring (bicyclic) bond motifs is 1. The lowest BCUT2D eigenvalue weighted by atomic mass is 10.0. The molecule has 0 aliphatic carbocycles. The first-order valence-electron chi connectivity index (χ1n) is 8.79. The minimum absolute atomic E-state index is 0.247. The van der Waals surface area contributed by atoms with Gasteiger partial charge in [0, 0.05) is 38.8 Å². The van der Waals surface area contributed by atoms with Gasteiger partial charge in [0.25, 0.3) is 0 Å². The van der Waals surface area contributed by atoms with Gasteiger partial charge in [0.2, 0.25) is 5.91 Å². The Labute approximate surface area is 186 Å². The fraction of sp³-hybridized carbons (Fsp3) is 0.100. The second-order valence-electron chi connectivity index (χ2n) is 6.62. The van der Waals surface area contributed by atoms with E-state index in [0.717, 1.165) is 10.2 Å². The third-order valence-corrected chi connectivity index (χ3v) is 5.41. The number of carbonyl (C=O) groups excluding carboxylic acids is 2. The van der Waals surface area contributed by atoms with E-state index in [4.69, 9.17) is 40.5 Å². The van der Waals surface area contributed by atoms with E-state index in [0.29, 0.717) is 37.6 Å². The Morgan fingerprint density at radius 2 is 1.87 bits per heavy atom. The van der Waals surface area contributed by atoms with Crippen LogP contribution in [0.2, 0.25) is 15.1 Å². The van der Waals surface area contributed by atoms with Crippen LogP contribution in [0.3, 0.4) is 0 Å². The summed E-state index contributed by atoms with van der Waals surface area (Å²) in [4.78, 5) is 29.1. The minimum Gasteiger partial charge on any atom is -0.350 e. The summed E-state index contributed by atoms with van der Waals surface area (Å²) in [7, 11) is 0. The Balaban J connectivity index is 1.82. The van der Waals surface area contributed by atoms with Crippen molar-refractivity contribution in [1.82, 2.24) is 9.78 Å². The van der Waals surface area contributed by atoms with Gasteiger partial charge in [0.05, 0.1) is 17.6 Å². The van der Waals surface area contributed by atoms with Crippen molar-refractivity contribution in [3.8, 4) is 0 Å². The zero-order chi connectivity index (χ0) is 21.4. The van der Waals surface area contributed by atoms with Crippen LogP contribution < -0.4 is 11.1 Å². The zero-order valence-corrected chi connectivity index (χ0v) is 17.5.